The number of nitrogens with zero attached hydrogens (tertiary/aromatic N) is 1. The van der Waals surface area contributed by atoms with Crippen molar-refractivity contribution < 1.29 is 14.4 Å². The Morgan fingerprint density at radius 2 is 2.12 bits per heavy atom. The number of urea groups is 1. The average Bonchev–Trinajstić information content (AvgIpc) is 2.33. The fraction of sp³-hybridized carbons (Fsp3) is 0.667. The lowest BCUT2D eigenvalue weighted by Crippen LogP contribution is -2.42. The molecule has 1 aliphatic heterocycles. The van der Waals surface area contributed by atoms with Gasteiger partial charge in [0.1, 0.15) is 5.54 Å². The molecule has 0 aliphatic carbocycles. The van der Waals surface area contributed by atoms with E-state index in [4.69, 9.17) is 5.73 Å². The number of hydrogen-bond acceptors (Lipinski definition) is 4. The minimum Gasteiger partial charge on any atom is -0.369 e. The summed E-state index contributed by atoms with van der Waals surface area (Å²) in [5.74, 6) is -0.740. The molecule has 0 saturated carbocycles. The van der Waals surface area contributed by atoms with Crippen LogP contribution in [0.4, 0.5) is 4.79 Å². The van der Waals surface area contributed by atoms with Gasteiger partial charge in [0, 0.05) is 13.1 Å². The summed E-state index contributed by atoms with van der Waals surface area (Å²) in [5, 5.41) is 5.29. The van der Waals surface area contributed by atoms with E-state index in [-0.39, 0.29) is 19.0 Å². The van der Waals surface area contributed by atoms with E-state index in [0.717, 1.165) is 4.90 Å². The van der Waals surface area contributed by atoms with Crippen molar-refractivity contribution in [2.75, 3.05) is 19.6 Å². The van der Waals surface area contributed by atoms with Gasteiger partial charge in [0.05, 0.1) is 6.54 Å². The molecule has 1 fully saturated rings. The Morgan fingerprint density at radius 3 is 2.56 bits per heavy atom. The predicted octanol–water partition coefficient (Wildman–Crippen LogP) is -1.61. The Balaban J connectivity index is 2.41. The highest BCUT2D eigenvalue weighted by Gasteiger charge is 2.43. The Morgan fingerprint density at radius 1 is 1.50 bits per heavy atom. The summed E-state index contributed by atoms with van der Waals surface area (Å²) >= 11 is 0. The Hall–Kier alpha value is -1.63. The molecule has 0 atom stereocenters. The first-order valence-corrected chi connectivity index (χ1v) is 4.98. The number of rotatable bonds is 5. The molecule has 1 saturated heterocycles. The quantitative estimate of drug-likeness (QED) is 0.389. The van der Waals surface area contributed by atoms with Crippen LogP contribution < -0.4 is 16.4 Å². The normalized spacial score (nSPS) is 18.8. The van der Waals surface area contributed by atoms with Crippen molar-refractivity contribution >= 4 is 17.8 Å². The SMILES string of the molecule is CC1(C)NC(=O)N(CCNCC(N)=O)C1=O. The van der Waals surface area contributed by atoms with Crippen molar-refractivity contribution in [2.24, 2.45) is 5.73 Å². The van der Waals surface area contributed by atoms with Crippen LogP contribution in [0.2, 0.25) is 0 Å². The lowest BCUT2D eigenvalue weighted by atomic mass is 10.1. The number of nitrogens with two attached hydrogens (primary N) is 1. The third-order valence-electron chi connectivity index (χ3n) is 2.26. The van der Waals surface area contributed by atoms with Gasteiger partial charge in [-0.3, -0.25) is 14.5 Å². The summed E-state index contributed by atoms with van der Waals surface area (Å²) in [6.45, 7) is 3.89. The van der Waals surface area contributed by atoms with Crippen molar-refractivity contribution in [3.05, 3.63) is 0 Å². The second kappa shape index (κ2) is 4.48. The summed E-state index contributed by atoms with van der Waals surface area (Å²) in [7, 11) is 0. The maximum Gasteiger partial charge on any atom is 0.325 e. The van der Waals surface area contributed by atoms with Gasteiger partial charge in [-0.15, -0.1) is 0 Å². The Bertz CT molecular complexity index is 327. The van der Waals surface area contributed by atoms with Crippen molar-refractivity contribution in [3.63, 3.8) is 0 Å². The number of nitrogens with one attached hydrogen (secondary N) is 2. The second-order valence-corrected chi connectivity index (χ2v) is 4.16. The Labute approximate surface area is 93.3 Å². The fourth-order valence-corrected chi connectivity index (χ4v) is 1.42. The predicted molar refractivity (Wildman–Crippen MR) is 56.4 cm³/mol. The van der Waals surface area contributed by atoms with Gasteiger partial charge in [0.15, 0.2) is 0 Å². The van der Waals surface area contributed by atoms with Crippen LogP contribution in [0.5, 0.6) is 0 Å². The standard InChI is InChI=1S/C9H16N4O3/c1-9(2)7(15)13(8(16)12-9)4-3-11-5-6(10)14/h11H,3-5H2,1-2H3,(H2,10,14)(H,12,16). The number of imide groups is 1. The van der Waals surface area contributed by atoms with E-state index < -0.39 is 17.5 Å². The molecule has 0 aromatic heterocycles. The van der Waals surface area contributed by atoms with Gasteiger partial charge in [-0.05, 0) is 13.8 Å². The number of carbonyl (C=O) groups excluding carboxylic acids is 3. The highest BCUT2D eigenvalue weighted by atomic mass is 16.2. The molecule has 0 unspecified atom stereocenters. The average molecular weight is 228 g/mol. The molecule has 0 bridgehead atoms. The van der Waals surface area contributed by atoms with E-state index in [1.807, 2.05) is 0 Å². The van der Waals surface area contributed by atoms with E-state index in [1.54, 1.807) is 13.8 Å². The molecule has 1 rings (SSSR count). The molecule has 0 aromatic rings. The largest absolute Gasteiger partial charge is 0.369 e. The maximum absolute atomic E-state index is 11.7. The molecule has 0 spiro atoms. The lowest BCUT2D eigenvalue weighted by molar-refractivity contribution is -0.130. The summed E-state index contributed by atoms with van der Waals surface area (Å²) in [6.07, 6.45) is 0. The molecule has 7 nitrogen and oxygen atoms in total. The van der Waals surface area contributed by atoms with E-state index in [0.29, 0.717) is 6.54 Å². The molecule has 90 valence electrons. The third kappa shape index (κ3) is 2.69. The van der Waals surface area contributed by atoms with E-state index in [1.165, 1.54) is 0 Å². The van der Waals surface area contributed by atoms with Gasteiger partial charge in [-0.25, -0.2) is 4.79 Å². The van der Waals surface area contributed by atoms with Gasteiger partial charge >= 0.3 is 6.03 Å². The molecular formula is C9H16N4O3. The first-order chi connectivity index (χ1) is 7.34. The van der Waals surface area contributed by atoms with Crippen molar-refractivity contribution in [2.45, 2.75) is 19.4 Å². The monoisotopic (exact) mass is 228 g/mol. The number of hydrogen-bond donors (Lipinski definition) is 3. The highest BCUT2D eigenvalue weighted by molar-refractivity contribution is 6.06. The van der Waals surface area contributed by atoms with Crippen LogP contribution in [-0.4, -0.2) is 47.9 Å². The van der Waals surface area contributed by atoms with Crippen LogP contribution in [0.25, 0.3) is 0 Å². The smallest absolute Gasteiger partial charge is 0.325 e. The van der Waals surface area contributed by atoms with Crippen molar-refractivity contribution in [1.82, 2.24) is 15.5 Å². The molecule has 4 N–H and O–H groups in total. The molecule has 0 aromatic carbocycles. The molecule has 0 radical (unpaired) electrons. The van der Waals surface area contributed by atoms with E-state index >= 15 is 0 Å². The number of primary amides is 1. The zero-order valence-electron chi connectivity index (χ0n) is 9.37. The van der Waals surface area contributed by atoms with Crippen LogP contribution in [0, 0.1) is 0 Å². The molecule has 4 amide bonds. The van der Waals surface area contributed by atoms with Crippen molar-refractivity contribution in [1.29, 1.82) is 0 Å². The van der Waals surface area contributed by atoms with Crippen LogP contribution in [0.15, 0.2) is 0 Å². The fourth-order valence-electron chi connectivity index (χ4n) is 1.42. The van der Waals surface area contributed by atoms with Crippen LogP contribution in [-0.2, 0) is 9.59 Å². The lowest BCUT2D eigenvalue weighted by Gasteiger charge is -2.15. The summed E-state index contributed by atoms with van der Waals surface area (Å²) < 4.78 is 0. The Kier molecular flexibility index (Phi) is 3.48. The van der Waals surface area contributed by atoms with Crippen LogP contribution in [0.1, 0.15) is 13.8 Å². The summed E-state index contributed by atoms with van der Waals surface area (Å²) in [4.78, 5) is 34.6. The summed E-state index contributed by atoms with van der Waals surface area (Å²) in [6, 6.07) is -0.407. The number of amides is 4. The molecule has 7 heteroatoms. The number of carbonyl (C=O) groups is 3. The zero-order valence-corrected chi connectivity index (χ0v) is 9.37. The van der Waals surface area contributed by atoms with Gasteiger partial charge in [-0.1, -0.05) is 0 Å². The molecule has 16 heavy (non-hydrogen) atoms. The maximum atomic E-state index is 11.7. The third-order valence-corrected chi connectivity index (χ3v) is 2.26. The summed E-state index contributed by atoms with van der Waals surface area (Å²) in [5.41, 5.74) is 4.08. The van der Waals surface area contributed by atoms with E-state index in [2.05, 4.69) is 10.6 Å². The second-order valence-electron chi connectivity index (χ2n) is 4.16. The van der Waals surface area contributed by atoms with Gasteiger partial charge in [0.25, 0.3) is 5.91 Å². The van der Waals surface area contributed by atoms with Crippen LogP contribution in [0.3, 0.4) is 0 Å². The topological polar surface area (TPSA) is 105 Å². The first-order valence-electron chi connectivity index (χ1n) is 4.98. The molecule has 1 aliphatic rings. The van der Waals surface area contributed by atoms with Crippen LogP contribution >= 0.6 is 0 Å². The molecular weight excluding hydrogens is 212 g/mol. The van der Waals surface area contributed by atoms with Gasteiger partial charge < -0.3 is 16.4 Å². The van der Waals surface area contributed by atoms with Gasteiger partial charge in [0.2, 0.25) is 5.91 Å². The van der Waals surface area contributed by atoms with E-state index in [9.17, 15) is 14.4 Å². The van der Waals surface area contributed by atoms with Gasteiger partial charge in [-0.2, -0.15) is 0 Å². The van der Waals surface area contributed by atoms with Crippen molar-refractivity contribution in [3.8, 4) is 0 Å². The highest BCUT2D eigenvalue weighted by Crippen LogP contribution is 2.15. The zero-order chi connectivity index (χ0) is 12.3. The molecule has 1 heterocycles. The minimum atomic E-state index is -0.846. The first kappa shape index (κ1) is 12.4. The minimum absolute atomic E-state index is 0.0348.